The third kappa shape index (κ3) is 1.37. The van der Waals surface area contributed by atoms with Crippen LogP contribution in [0.15, 0.2) is 12.4 Å². The van der Waals surface area contributed by atoms with Gasteiger partial charge < -0.3 is 10.1 Å². The maximum absolute atomic E-state index is 9.29. The van der Waals surface area contributed by atoms with Gasteiger partial charge in [-0.3, -0.25) is 0 Å². The van der Waals surface area contributed by atoms with E-state index in [1.54, 1.807) is 12.4 Å². The van der Waals surface area contributed by atoms with Crippen LogP contribution in [0.2, 0.25) is 0 Å². The molecule has 0 aliphatic heterocycles. The van der Waals surface area contributed by atoms with Crippen LogP contribution in [0, 0.1) is 0 Å². The Morgan fingerprint density at radius 2 is 2.17 bits per heavy atom. The molecule has 0 amide bonds. The predicted molar refractivity (Wildman–Crippen MR) is 47.9 cm³/mol. The molecular weight excluding hydrogens is 152 g/mol. The van der Waals surface area contributed by atoms with E-state index in [0.29, 0.717) is 0 Å². The number of nitrogens with zero attached hydrogens (tertiary/aromatic N) is 1. The van der Waals surface area contributed by atoms with Gasteiger partial charge in [0.2, 0.25) is 0 Å². The van der Waals surface area contributed by atoms with Crippen molar-refractivity contribution in [2.45, 2.75) is 32.1 Å². The Bertz CT molecular complexity index is 206. The van der Waals surface area contributed by atoms with Crippen LogP contribution in [0.4, 0.5) is 0 Å². The van der Waals surface area contributed by atoms with Crippen molar-refractivity contribution in [2.24, 2.45) is 0 Å². The summed E-state index contributed by atoms with van der Waals surface area (Å²) in [5.41, 5.74) is -0.163. The maximum atomic E-state index is 9.29. The average Bonchev–Trinajstić information content (AvgIpc) is 2.62. The highest BCUT2D eigenvalue weighted by Gasteiger charge is 2.29. The summed E-state index contributed by atoms with van der Waals surface area (Å²) in [6.07, 6.45) is 5.34. The molecule has 1 aromatic heterocycles. The summed E-state index contributed by atoms with van der Waals surface area (Å²) in [4.78, 5) is 7.25. The largest absolute Gasteiger partial charge is 0.395 e. The lowest BCUT2D eigenvalue weighted by Gasteiger charge is -2.26. The molecule has 0 atom stereocenters. The molecule has 0 aliphatic carbocycles. The van der Waals surface area contributed by atoms with Crippen molar-refractivity contribution in [3.63, 3.8) is 0 Å². The van der Waals surface area contributed by atoms with Gasteiger partial charge in [-0.2, -0.15) is 0 Å². The molecule has 1 heterocycles. The molecule has 68 valence electrons. The molecule has 3 heteroatoms. The summed E-state index contributed by atoms with van der Waals surface area (Å²) in [6.45, 7) is 4.30. The van der Waals surface area contributed by atoms with E-state index in [1.165, 1.54) is 0 Å². The molecule has 0 saturated heterocycles. The van der Waals surface area contributed by atoms with Crippen LogP contribution >= 0.6 is 0 Å². The molecule has 0 bridgehead atoms. The molecule has 1 aromatic rings. The number of imidazole rings is 1. The Hall–Kier alpha value is -0.830. The fraction of sp³-hybridized carbons (Fsp3) is 0.667. The maximum Gasteiger partial charge on any atom is 0.114 e. The van der Waals surface area contributed by atoms with E-state index in [9.17, 15) is 5.11 Å². The minimum Gasteiger partial charge on any atom is -0.395 e. The van der Waals surface area contributed by atoms with Gasteiger partial charge in [0.25, 0.3) is 0 Å². The molecule has 0 radical (unpaired) electrons. The zero-order valence-corrected chi connectivity index (χ0v) is 7.67. The number of aromatic nitrogens is 2. The van der Waals surface area contributed by atoms with E-state index >= 15 is 0 Å². The molecule has 0 fully saturated rings. The molecule has 1 rings (SSSR count). The molecule has 0 aliphatic rings. The smallest absolute Gasteiger partial charge is 0.114 e. The molecule has 0 saturated carbocycles. The fourth-order valence-corrected chi connectivity index (χ4v) is 1.44. The van der Waals surface area contributed by atoms with Gasteiger partial charge in [-0.15, -0.1) is 0 Å². The Kier molecular flexibility index (Phi) is 2.87. The Morgan fingerprint density at radius 1 is 1.50 bits per heavy atom. The number of rotatable bonds is 4. The van der Waals surface area contributed by atoms with Crippen LogP contribution < -0.4 is 0 Å². The molecule has 0 unspecified atom stereocenters. The SMILES string of the molecule is CCC(CC)(CO)c1ncc[nH]1. The van der Waals surface area contributed by atoms with E-state index in [4.69, 9.17) is 0 Å². The van der Waals surface area contributed by atoms with Crippen LogP contribution in [0.1, 0.15) is 32.5 Å². The zero-order valence-electron chi connectivity index (χ0n) is 7.67. The number of nitrogens with one attached hydrogen (secondary N) is 1. The highest BCUT2D eigenvalue weighted by molar-refractivity contribution is 5.07. The van der Waals surface area contributed by atoms with Gasteiger partial charge in [0.1, 0.15) is 5.82 Å². The van der Waals surface area contributed by atoms with Crippen LogP contribution in [0.3, 0.4) is 0 Å². The first kappa shape index (κ1) is 9.26. The van der Waals surface area contributed by atoms with Crippen molar-refractivity contribution in [2.75, 3.05) is 6.61 Å². The molecule has 0 spiro atoms. The lowest BCUT2D eigenvalue weighted by atomic mass is 9.82. The second kappa shape index (κ2) is 3.72. The number of aliphatic hydroxyl groups excluding tert-OH is 1. The lowest BCUT2D eigenvalue weighted by Crippen LogP contribution is -2.30. The van der Waals surface area contributed by atoms with E-state index in [0.717, 1.165) is 18.7 Å². The average molecular weight is 168 g/mol. The topological polar surface area (TPSA) is 48.9 Å². The first-order chi connectivity index (χ1) is 5.79. The molecule has 3 nitrogen and oxygen atoms in total. The summed E-state index contributed by atoms with van der Waals surface area (Å²) in [6, 6.07) is 0. The predicted octanol–water partition coefficient (Wildman–Crippen LogP) is 1.46. The minimum atomic E-state index is -0.163. The fourth-order valence-electron chi connectivity index (χ4n) is 1.44. The first-order valence-electron chi connectivity index (χ1n) is 4.39. The molecule has 0 aromatic carbocycles. The standard InChI is InChI=1S/C9H16N2O/c1-3-9(4-2,7-12)8-10-5-6-11-8/h5-6,12H,3-4,7H2,1-2H3,(H,10,11). The van der Waals surface area contributed by atoms with Gasteiger partial charge in [0.15, 0.2) is 0 Å². The van der Waals surface area contributed by atoms with E-state index in [2.05, 4.69) is 23.8 Å². The van der Waals surface area contributed by atoms with Gasteiger partial charge >= 0.3 is 0 Å². The third-order valence-electron chi connectivity index (χ3n) is 2.66. The van der Waals surface area contributed by atoms with E-state index in [-0.39, 0.29) is 12.0 Å². The summed E-state index contributed by atoms with van der Waals surface area (Å²) in [7, 11) is 0. The van der Waals surface area contributed by atoms with Crippen LogP contribution in [-0.2, 0) is 5.41 Å². The Morgan fingerprint density at radius 3 is 2.50 bits per heavy atom. The van der Waals surface area contributed by atoms with Gasteiger partial charge in [-0.1, -0.05) is 13.8 Å². The number of hydrogen-bond acceptors (Lipinski definition) is 2. The van der Waals surface area contributed by atoms with Crippen molar-refractivity contribution < 1.29 is 5.11 Å². The van der Waals surface area contributed by atoms with Gasteiger partial charge in [-0.05, 0) is 12.8 Å². The second-order valence-electron chi connectivity index (χ2n) is 3.08. The van der Waals surface area contributed by atoms with Crippen molar-refractivity contribution in [3.05, 3.63) is 18.2 Å². The number of hydrogen-bond donors (Lipinski definition) is 2. The van der Waals surface area contributed by atoms with Crippen molar-refractivity contribution >= 4 is 0 Å². The first-order valence-corrected chi connectivity index (χ1v) is 4.39. The van der Waals surface area contributed by atoms with Crippen LogP contribution in [0.5, 0.6) is 0 Å². The summed E-state index contributed by atoms with van der Waals surface area (Å²) < 4.78 is 0. The quantitative estimate of drug-likeness (QED) is 0.715. The summed E-state index contributed by atoms with van der Waals surface area (Å²) in [5, 5.41) is 9.29. The normalized spacial score (nSPS) is 11.9. The van der Waals surface area contributed by atoms with Crippen molar-refractivity contribution in [1.82, 2.24) is 9.97 Å². The Labute approximate surface area is 72.8 Å². The minimum absolute atomic E-state index is 0.160. The number of H-pyrrole nitrogens is 1. The van der Waals surface area contributed by atoms with Gasteiger partial charge in [-0.25, -0.2) is 4.98 Å². The van der Waals surface area contributed by atoms with Crippen molar-refractivity contribution in [3.8, 4) is 0 Å². The zero-order chi connectivity index (χ0) is 9.03. The lowest BCUT2D eigenvalue weighted by molar-refractivity contribution is 0.176. The second-order valence-corrected chi connectivity index (χ2v) is 3.08. The molecule has 2 N–H and O–H groups in total. The Balaban J connectivity index is 2.93. The number of aromatic amines is 1. The van der Waals surface area contributed by atoms with Crippen molar-refractivity contribution in [1.29, 1.82) is 0 Å². The monoisotopic (exact) mass is 168 g/mol. The summed E-state index contributed by atoms with van der Waals surface area (Å²) >= 11 is 0. The molecule has 12 heavy (non-hydrogen) atoms. The highest BCUT2D eigenvalue weighted by Crippen LogP contribution is 2.27. The van der Waals surface area contributed by atoms with E-state index < -0.39 is 0 Å². The molecular formula is C9H16N2O. The summed E-state index contributed by atoms with van der Waals surface area (Å²) in [5.74, 6) is 0.898. The van der Waals surface area contributed by atoms with Gasteiger partial charge in [0, 0.05) is 12.4 Å². The van der Waals surface area contributed by atoms with E-state index in [1.807, 2.05) is 0 Å². The highest BCUT2D eigenvalue weighted by atomic mass is 16.3. The van der Waals surface area contributed by atoms with Crippen LogP contribution in [0.25, 0.3) is 0 Å². The van der Waals surface area contributed by atoms with Crippen LogP contribution in [-0.4, -0.2) is 21.7 Å². The van der Waals surface area contributed by atoms with Gasteiger partial charge in [0.05, 0.1) is 12.0 Å². The number of aliphatic hydroxyl groups is 1. The third-order valence-corrected chi connectivity index (χ3v) is 2.66.